The fourth-order valence-corrected chi connectivity index (χ4v) is 2.67. The second-order valence-electron chi connectivity index (χ2n) is 5.10. The van der Waals surface area contributed by atoms with E-state index in [0.717, 1.165) is 23.3 Å². The van der Waals surface area contributed by atoms with E-state index in [4.69, 9.17) is 15.2 Å². The summed E-state index contributed by atoms with van der Waals surface area (Å²) in [7, 11) is 1.39. The first-order valence-corrected chi connectivity index (χ1v) is 7.36. The highest BCUT2D eigenvalue weighted by atomic mass is 16.5. The number of carbonyl (C=O) groups excluding carboxylic acids is 1. The molecular weight excluding hydrogens is 270 g/mol. The average molecular weight is 293 g/mol. The van der Waals surface area contributed by atoms with E-state index in [0.29, 0.717) is 26.1 Å². The van der Waals surface area contributed by atoms with Crippen LogP contribution in [0.15, 0.2) is 18.2 Å². The number of hydrogen-bond acceptors (Lipinski definition) is 5. The number of carbonyl (C=O) groups is 1. The second-order valence-corrected chi connectivity index (χ2v) is 5.10. The molecule has 2 unspecified atom stereocenters. The van der Waals surface area contributed by atoms with Crippen LogP contribution in [0.5, 0.6) is 5.75 Å². The van der Waals surface area contributed by atoms with Crippen molar-refractivity contribution in [2.45, 2.75) is 38.3 Å². The maximum absolute atomic E-state index is 11.1. The van der Waals surface area contributed by atoms with Gasteiger partial charge in [0.15, 0.2) is 0 Å². The summed E-state index contributed by atoms with van der Waals surface area (Å²) in [6, 6.07) is 5.90. The van der Waals surface area contributed by atoms with Crippen LogP contribution in [0.4, 0.5) is 0 Å². The van der Waals surface area contributed by atoms with Gasteiger partial charge in [-0.15, -0.1) is 0 Å². The highest BCUT2D eigenvalue weighted by molar-refractivity contribution is 5.69. The highest BCUT2D eigenvalue weighted by Gasteiger charge is 2.32. The summed E-state index contributed by atoms with van der Waals surface area (Å²) in [4.78, 5) is 11.1. The Morgan fingerprint density at radius 2 is 2.24 bits per heavy atom. The molecule has 0 bridgehead atoms. The van der Waals surface area contributed by atoms with E-state index in [9.17, 15) is 4.79 Å². The van der Waals surface area contributed by atoms with Gasteiger partial charge in [-0.25, -0.2) is 0 Å². The first kappa shape index (κ1) is 15.8. The molecule has 2 atom stereocenters. The Morgan fingerprint density at radius 3 is 2.95 bits per heavy atom. The van der Waals surface area contributed by atoms with Gasteiger partial charge in [0.1, 0.15) is 5.75 Å². The van der Waals surface area contributed by atoms with Gasteiger partial charge in [0.2, 0.25) is 0 Å². The molecule has 0 fully saturated rings. The molecule has 1 aliphatic rings. The topological polar surface area (TPSA) is 70.8 Å². The van der Waals surface area contributed by atoms with Gasteiger partial charge >= 0.3 is 5.97 Å². The average Bonchev–Trinajstić information content (AvgIpc) is 2.81. The SMILES string of the molecule is CCOc1cccc2c1CC(N)C2OCCCC(=O)OC. The van der Waals surface area contributed by atoms with Crippen LogP contribution < -0.4 is 10.5 Å². The molecular formula is C16H23NO4. The maximum atomic E-state index is 11.1. The predicted octanol–water partition coefficient (Wildman–Crippen LogP) is 1.98. The van der Waals surface area contributed by atoms with Crippen molar-refractivity contribution in [3.8, 4) is 5.75 Å². The second kappa shape index (κ2) is 7.43. The molecule has 0 spiro atoms. The molecule has 5 heteroatoms. The van der Waals surface area contributed by atoms with Gasteiger partial charge in [-0.3, -0.25) is 4.79 Å². The van der Waals surface area contributed by atoms with Crippen LogP contribution in [0.3, 0.4) is 0 Å². The smallest absolute Gasteiger partial charge is 0.305 e. The molecule has 2 rings (SSSR count). The first-order valence-electron chi connectivity index (χ1n) is 7.36. The van der Waals surface area contributed by atoms with E-state index in [1.54, 1.807) is 0 Å². The molecule has 21 heavy (non-hydrogen) atoms. The number of fused-ring (bicyclic) bond motifs is 1. The van der Waals surface area contributed by atoms with Gasteiger partial charge in [-0.2, -0.15) is 0 Å². The van der Waals surface area contributed by atoms with E-state index in [-0.39, 0.29) is 18.1 Å². The lowest BCUT2D eigenvalue weighted by molar-refractivity contribution is -0.141. The Balaban J connectivity index is 1.97. The monoisotopic (exact) mass is 293 g/mol. The molecule has 0 aromatic heterocycles. The predicted molar refractivity (Wildman–Crippen MR) is 79.2 cm³/mol. The highest BCUT2D eigenvalue weighted by Crippen LogP contribution is 2.38. The molecule has 5 nitrogen and oxygen atoms in total. The van der Waals surface area contributed by atoms with Gasteiger partial charge in [0.05, 0.1) is 19.8 Å². The van der Waals surface area contributed by atoms with Crippen molar-refractivity contribution in [2.75, 3.05) is 20.3 Å². The zero-order valence-corrected chi connectivity index (χ0v) is 12.6. The normalized spacial score (nSPS) is 20.1. The zero-order valence-electron chi connectivity index (χ0n) is 12.6. The minimum Gasteiger partial charge on any atom is -0.494 e. The number of ether oxygens (including phenoxy) is 3. The summed E-state index contributed by atoms with van der Waals surface area (Å²) in [5.41, 5.74) is 8.44. The fraction of sp³-hybridized carbons (Fsp3) is 0.562. The quantitative estimate of drug-likeness (QED) is 0.615. The lowest BCUT2D eigenvalue weighted by atomic mass is 10.1. The Morgan fingerprint density at radius 1 is 1.43 bits per heavy atom. The summed E-state index contributed by atoms with van der Waals surface area (Å²) in [5.74, 6) is 0.680. The number of rotatable bonds is 7. The van der Waals surface area contributed by atoms with Crippen molar-refractivity contribution in [3.05, 3.63) is 29.3 Å². The molecule has 1 aromatic carbocycles. The molecule has 0 radical (unpaired) electrons. The largest absolute Gasteiger partial charge is 0.494 e. The number of methoxy groups -OCH3 is 1. The van der Waals surface area contributed by atoms with Crippen molar-refractivity contribution in [3.63, 3.8) is 0 Å². The third kappa shape index (κ3) is 3.74. The van der Waals surface area contributed by atoms with Gasteiger partial charge in [-0.1, -0.05) is 12.1 Å². The van der Waals surface area contributed by atoms with Gasteiger partial charge in [-0.05, 0) is 31.4 Å². The number of esters is 1. The van der Waals surface area contributed by atoms with Crippen LogP contribution in [0.2, 0.25) is 0 Å². The summed E-state index contributed by atoms with van der Waals surface area (Å²) in [6.07, 6.45) is 1.63. The molecule has 0 aliphatic heterocycles. The van der Waals surface area contributed by atoms with E-state index >= 15 is 0 Å². The van der Waals surface area contributed by atoms with Crippen LogP contribution in [0.25, 0.3) is 0 Å². The summed E-state index contributed by atoms with van der Waals surface area (Å²) in [5, 5.41) is 0. The number of nitrogens with two attached hydrogens (primary N) is 1. The molecule has 1 aliphatic carbocycles. The Labute approximate surface area is 125 Å². The van der Waals surface area contributed by atoms with E-state index in [1.807, 2.05) is 25.1 Å². The molecule has 0 saturated heterocycles. The fourth-order valence-electron chi connectivity index (χ4n) is 2.67. The zero-order chi connectivity index (χ0) is 15.2. The molecule has 2 N–H and O–H groups in total. The minimum absolute atomic E-state index is 0.0697. The number of hydrogen-bond donors (Lipinski definition) is 1. The van der Waals surface area contributed by atoms with E-state index < -0.39 is 0 Å². The van der Waals surface area contributed by atoms with Crippen molar-refractivity contribution >= 4 is 5.97 Å². The summed E-state index contributed by atoms with van der Waals surface area (Å²) < 4.78 is 16.1. The Hall–Kier alpha value is -1.59. The molecule has 0 amide bonds. The van der Waals surface area contributed by atoms with Crippen LogP contribution >= 0.6 is 0 Å². The van der Waals surface area contributed by atoms with Gasteiger partial charge in [0, 0.05) is 24.6 Å². The van der Waals surface area contributed by atoms with E-state index in [1.165, 1.54) is 7.11 Å². The molecule has 1 aromatic rings. The van der Waals surface area contributed by atoms with E-state index in [2.05, 4.69) is 4.74 Å². The molecule has 116 valence electrons. The van der Waals surface area contributed by atoms with Crippen LogP contribution in [0, 0.1) is 0 Å². The lowest BCUT2D eigenvalue weighted by Crippen LogP contribution is -2.27. The van der Waals surface area contributed by atoms with Crippen LogP contribution in [-0.4, -0.2) is 32.3 Å². The van der Waals surface area contributed by atoms with Crippen molar-refractivity contribution < 1.29 is 19.0 Å². The summed E-state index contributed by atoms with van der Waals surface area (Å²) in [6.45, 7) is 3.09. The van der Waals surface area contributed by atoms with Gasteiger partial charge < -0.3 is 19.9 Å². The van der Waals surface area contributed by atoms with Crippen molar-refractivity contribution in [1.82, 2.24) is 0 Å². The minimum atomic E-state index is -0.214. The Bertz CT molecular complexity index is 489. The molecule has 0 saturated carbocycles. The third-order valence-electron chi connectivity index (χ3n) is 3.65. The summed E-state index contributed by atoms with van der Waals surface area (Å²) >= 11 is 0. The van der Waals surface area contributed by atoms with Gasteiger partial charge in [0.25, 0.3) is 0 Å². The van der Waals surface area contributed by atoms with Crippen LogP contribution in [0.1, 0.15) is 37.0 Å². The van der Waals surface area contributed by atoms with Crippen molar-refractivity contribution in [2.24, 2.45) is 5.73 Å². The standard InChI is InChI=1S/C16H23NO4/c1-3-20-14-7-4-6-11-12(14)10-13(17)16(11)21-9-5-8-15(18)19-2/h4,6-7,13,16H,3,5,8-10,17H2,1-2H3. The molecule has 0 heterocycles. The lowest BCUT2D eigenvalue weighted by Gasteiger charge is -2.17. The van der Waals surface area contributed by atoms with Crippen molar-refractivity contribution in [1.29, 1.82) is 0 Å². The maximum Gasteiger partial charge on any atom is 0.305 e. The first-order chi connectivity index (χ1) is 10.2. The third-order valence-corrected chi connectivity index (χ3v) is 3.65. The Kier molecular flexibility index (Phi) is 5.59. The number of benzene rings is 1. The van der Waals surface area contributed by atoms with Crippen LogP contribution in [-0.2, 0) is 20.7 Å².